The number of hydrazine groups is 1. The molecule has 1 aromatic carbocycles. The lowest BCUT2D eigenvalue weighted by Gasteiger charge is -2.33. The summed E-state index contributed by atoms with van der Waals surface area (Å²) in [7, 11) is 0. The van der Waals surface area contributed by atoms with E-state index < -0.39 is 0 Å². The number of halogens is 1. The van der Waals surface area contributed by atoms with Crippen LogP contribution in [0, 0.1) is 5.92 Å². The smallest absolute Gasteiger partial charge is 0.220 e. The molecule has 1 heterocycles. The Bertz CT molecular complexity index is 667. The van der Waals surface area contributed by atoms with Gasteiger partial charge in [-0.1, -0.05) is 29.8 Å². The first-order valence-corrected chi connectivity index (χ1v) is 7.67. The van der Waals surface area contributed by atoms with Gasteiger partial charge in [-0.3, -0.25) is 14.8 Å². The number of hydrogen-bond acceptors (Lipinski definition) is 4. The summed E-state index contributed by atoms with van der Waals surface area (Å²) in [5.41, 5.74) is 2.65. The summed E-state index contributed by atoms with van der Waals surface area (Å²) < 4.78 is 0. The van der Waals surface area contributed by atoms with Crippen LogP contribution in [0.4, 0.5) is 0 Å². The van der Waals surface area contributed by atoms with Gasteiger partial charge in [0.1, 0.15) is 6.17 Å². The Morgan fingerprint density at radius 3 is 2.67 bits per heavy atom. The summed E-state index contributed by atoms with van der Waals surface area (Å²) in [5, 5.41) is 1.73. The third kappa shape index (κ3) is 2.61. The van der Waals surface area contributed by atoms with Crippen molar-refractivity contribution in [3.8, 4) is 0 Å². The van der Waals surface area contributed by atoms with Crippen LogP contribution >= 0.6 is 24.2 Å². The molecule has 6 heteroatoms. The van der Waals surface area contributed by atoms with Crippen LogP contribution in [0.5, 0.6) is 0 Å². The maximum Gasteiger partial charge on any atom is 0.220 e. The maximum absolute atomic E-state index is 12.1. The minimum absolute atomic E-state index is 0.233. The van der Waals surface area contributed by atoms with E-state index in [9.17, 15) is 4.79 Å². The number of hydrogen-bond donors (Lipinski definition) is 2. The van der Waals surface area contributed by atoms with Crippen LogP contribution in [0.3, 0.4) is 0 Å². The molecule has 1 unspecified atom stereocenters. The van der Waals surface area contributed by atoms with Crippen molar-refractivity contribution in [2.45, 2.75) is 25.9 Å². The van der Waals surface area contributed by atoms with Gasteiger partial charge in [-0.25, -0.2) is 5.84 Å². The van der Waals surface area contributed by atoms with E-state index in [4.69, 9.17) is 17.4 Å². The zero-order valence-electron chi connectivity index (χ0n) is 11.6. The summed E-state index contributed by atoms with van der Waals surface area (Å²) in [5.74, 6) is 6.50. The molecule has 1 fully saturated rings. The third-order valence-electron chi connectivity index (χ3n) is 3.79. The highest BCUT2D eigenvalue weighted by Gasteiger charge is 2.38. The topological polar surface area (TPSA) is 58.7 Å². The van der Waals surface area contributed by atoms with Crippen molar-refractivity contribution in [1.29, 1.82) is 0 Å². The Morgan fingerprint density at radius 1 is 1.43 bits per heavy atom. The molecule has 0 aromatic heterocycles. The number of aliphatic imine (C=N–C) groups is 1. The Balaban J connectivity index is 2.24. The number of thiol groups is 1. The molecule has 2 aliphatic rings. The van der Waals surface area contributed by atoms with Crippen molar-refractivity contribution in [2.24, 2.45) is 16.8 Å². The molecule has 1 atom stereocenters. The first kappa shape index (κ1) is 14.6. The molecule has 0 saturated heterocycles. The summed E-state index contributed by atoms with van der Waals surface area (Å²) >= 11 is 10.3. The van der Waals surface area contributed by atoms with Gasteiger partial charge in [0.15, 0.2) is 0 Å². The third-order valence-corrected chi connectivity index (χ3v) is 4.34. The van der Waals surface area contributed by atoms with Crippen LogP contribution < -0.4 is 5.84 Å². The summed E-state index contributed by atoms with van der Waals surface area (Å²) in [6, 6.07) is 7.36. The van der Waals surface area contributed by atoms with Gasteiger partial charge in [-0.05, 0) is 25.8 Å². The highest BCUT2D eigenvalue weighted by atomic mass is 35.5. The maximum atomic E-state index is 12.1. The van der Waals surface area contributed by atoms with Gasteiger partial charge < -0.3 is 0 Å². The zero-order chi connectivity index (χ0) is 15.1. The molecule has 3 rings (SSSR count). The van der Waals surface area contributed by atoms with Crippen LogP contribution in [0.25, 0.3) is 5.70 Å². The molecule has 0 spiro atoms. The fraction of sp³-hybridized carbons (Fsp3) is 0.333. The predicted octanol–water partition coefficient (Wildman–Crippen LogP) is 2.89. The molecular weight excluding hydrogens is 306 g/mol. The van der Waals surface area contributed by atoms with Crippen molar-refractivity contribution in [2.75, 3.05) is 0 Å². The van der Waals surface area contributed by atoms with E-state index in [1.807, 2.05) is 25.1 Å². The Kier molecular flexibility index (Phi) is 3.82. The first-order chi connectivity index (χ1) is 10.0. The number of nitrogens with zero attached hydrogens (tertiary/aromatic N) is 2. The second-order valence-electron chi connectivity index (χ2n) is 5.34. The lowest BCUT2D eigenvalue weighted by molar-refractivity contribution is -0.107. The normalized spacial score (nSPS) is 22.4. The fourth-order valence-electron chi connectivity index (χ4n) is 2.57. The monoisotopic (exact) mass is 321 g/mol. The average molecular weight is 322 g/mol. The van der Waals surface area contributed by atoms with Crippen molar-refractivity contribution in [3.05, 3.63) is 40.4 Å². The van der Waals surface area contributed by atoms with Gasteiger partial charge in [-0.15, -0.1) is 12.6 Å². The molecule has 21 heavy (non-hydrogen) atoms. The summed E-state index contributed by atoms with van der Waals surface area (Å²) in [6.45, 7) is 1.90. The Hall–Kier alpha value is -1.30. The minimum atomic E-state index is -0.321. The minimum Gasteiger partial charge on any atom is -0.286 e. The number of benzene rings is 1. The standard InChI is InChI=1S/C15H16ClN3OS/c1-8-18-13(9-6-7-9)12(15(20)21)14(19(8)17)10-4-2-3-5-11(10)16/h2-5,8-9H,6-7,17H2,1H3,(H,20,21). The van der Waals surface area contributed by atoms with E-state index >= 15 is 0 Å². The molecule has 1 saturated carbocycles. The highest BCUT2D eigenvalue weighted by molar-refractivity contribution is 7.97. The molecule has 0 bridgehead atoms. The van der Waals surface area contributed by atoms with E-state index in [-0.39, 0.29) is 11.3 Å². The Morgan fingerprint density at radius 2 is 2.10 bits per heavy atom. The van der Waals surface area contributed by atoms with Crippen molar-refractivity contribution in [1.82, 2.24) is 5.01 Å². The van der Waals surface area contributed by atoms with Crippen LogP contribution in [0.1, 0.15) is 25.3 Å². The average Bonchev–Trinajstić information content (AvgIpc) is 3.26. The van der Waals surface area contributed by atoms with Gasteiger partial charge in [0.25, 0.3) is 0 Å². The van der Waals surface area contributed by atoms with Gasteiger partial charge in [-0.2, -0.15) is 0 Å². The molecule has 1 aromatic rings. The summed E-state index contributed by atoms with van der Waals surface area (Å²) in [6.07, 6.45) is 1.87. The van der Waals surface area contributed by atoms with Crippen LogP contribution in [0.15, 0.2) is 34.8 Å². The molecular formula is C15H16ClN3OS. The van der Waals surface area contributed by atoms with Crippen LogP contribution in [0.2, 0.25) is 5.02 Å². The Labute approximate surface area is 134 Å². The molecule has 0 radical (unpaired) electrons. The first-order valence-electron chi connectivity index (χ1n) is 6.85. The molecule has 1 aliphatic carbocycles. The van der Waals surface area contributed by atoms with Crippen molar-refractivity contribution < 1.29 is 4.79 Å². The van der Waals surface area contributed by atoms with E-state index in [1.165, 1.54) is 5.01 Å². The van der Waals surface area contributed by atoms with E-state index in [2.05, 4.69) is 17.6 Å². The highest BCUT2D eigenvalue weighted by Crippen LogP contribution is 2.40. The second-order valence-corrected chi connectivity index (χ2v) is 6.15. The van der Waals surface area contributed by atoms with Gasteiger partial charge in [0.2, 0.25) is 5.12 Å². The number of nitrogens with two attached hydrogens (primary N) is 1. The molecule has 2 N–H and O–H groups in total. The second kappa shape index (κ2) is 5.48. The fourth-order valence-corrected chi connectivity index (χ4v) is 3.02. The number of carbonyl (C=O) groups excluding carboxylic acids is 1. The quantitative estimate of drug-likeness (QED) is 0.665. The molecule has 4 nitrogen and oxygen atoms in total. The number of rotatable bonds is 3. The lowest BCUT2D eigenvalue weighted by Crippen LogP contribution is -2.42. The zero-order valence-corrected chi connectivity index (χ0v) is 13.2. The SMILES string of the molecule is CC1N=C(C2CC2)C(C(=O)S)=C(c2ccccc2Cl)N1N. The lowest BCUT2D eigenvalue weighted by atomic mass is 9.97. The van der Waals surface area contributed by atoms with E-state index in [0.717, 1.165) is 24.1 Å². The van der Waals surface area contributed by atoms with E-state index in [1.54, 1.807) is 6.07 Å². The predicted molar refractivity (Wildman–Crippen MR) is 88.0 cm³/mol. The van der Waals surface area contributed by atoms with Crippen LogP contribution in [-0.2, 0) is 4.79 Å². The molecule has 110 valence electrons. The molecule has 0 amide bonds. The van der Waals surface area contributed by atoms with Gasteiger partial charge >= 0.3 is 0 Å². The number of carbonyl (C=O) groups is 1. The van der Waals surface area contributed by atoms with E-state index in [0.29, 0.717) is 22.2 Å². The largest absolute Gasteiger partial charge is 0.286 e. The van der Waals surface area contributed by atoms with Gasteiger partial charge in [0, 0.05) is 16.5 Å². The van der Waals surface area contributed by atoms with Gasteiger partial charge in [0.05, 0.1) is 17.0 Å². The van der Waals surface area contributed by atoms with Crippen molar-refractivity contribution in [3.63, 3.8) is 0 Å². The van der Waals surface area contributed by atoms with Crippen LogP contribution in [-0.4, -0.2) is 22.0 Å². The van der Waals surface area contributed by atoms with Crippen molar-refractivity contribution >= 4 is 40.8 Å². The molecule has 1 aliphatic heterocycles. The summed E-state index contributed by atoms with van der Waals surface area (Å²) in [4.78, 5) is 16.7.